The molecule has 8 heteroatoms. The molecular weight excluding hydrogens is 311 g/mol. The highest BCUT2D eigenvalue weighted by Crippen LogP contribution is 2.36. The highest BCUT2D eigenvalue weighted by molar-refractivity contribution is 5.93. The summed E-state index contributed by atoms with van der Waals surface area (Å²) in [6.07, 6.45) is -3.54. The lowest BCUT2D eigenvalue weighted by Crippen LogP contribution is -2.30. The van der Waals surface area contributed by atoms with E-state index in [9.17, 15) is 18.0 Å². The summed E-state index contributed by atoms with van der Waals surface area (Å²) in [5.74, 6) is 0. The van der Waals surface area contributed by atoms with Gasteiger partial charge in [0.15, 0.2) is 0 Å². The maximum atomic E-state index is 13.1. The zero-order chi connectivity index (χ0) is 16.6. The van der Waals surface area contributed by atoms with Gasteiger partial charge in [-0.15, -0.1) is 0 Å². The van der Waals surface area contributed by atoms with Crippen molar-refractivity contribution in [2.24, 2.45) is 0 Å². The van der Waals surface area contributed by atoms with Crippen molar-refractivity contribution in [2.75, 3.05) is 18.4 Å². The number of carboxylic acid groups (broad SMARTS) is 1. The molecule has 1 aliphatic heterocycles. The molecule has 1 amide bonds. The van der Waals surface area contributed by atoms with E-state index in [0.29, 0.717) is 30.6 Å². The number of nitrogens with zero attached hydrogens (tertiary/aromatic N) is 2. The molecule has 2 N–H and O–H groups in total. The normalized spacial score (nSPS) is 18.4. The van der Waals surface area contributed by atoms with Gasteiger partial charge in [-0.2, -0.15) is 13.2 Å². The summed E-state index contributed by atoms with van der Waals surface area (Å²) in [4.78, 5) is 16.1. The Labute approximate surface area is 129 Å². The molecule has 23 heavy (non-hydrogen) atoms. The highest BCUT2D eigenvalue weighted by atomic mass is 19.4. The maximum absolute atomic E-state index is 13.1. The predicted octanol–water partition coefficient (Wildman–Crippen LogP) is 3.42. The van der Waals surface area contributed by atoms with E-state index in [2.05, 4.69) is 10.3 Å². The third-order valence-electron chi connectivity index (χ3n) is 3.89. The topological polar surface area (TPSA) is 65.5 Å². The fourth-order valence-electron chi connectivity index (χ4n) is 2.80. The van der Waals surface area contributed by atoms with E-state index < -0.39 is 17.8 Å². The molecule has 1 aliphatic rings. The first-order chi connectivity index (χ1) is 10.9. The van der Waals surface area contributed by atoms with Crippen molar-refractivity contribution in [2.45, 2.75) is 18.6 Å². The van der Waals surface area contributed by atoms with E-state index in [1.54, 1.807) is 12.1 Å². The van der Waals surface area contributed by atoms with Crippen LogP contribution in [0.2, 0.25) is 0 Å². The van der Waals surface area contributed by atoms with Crippen molar-refractivity contribution in [1.82, 2.24) is 9.88 Å². The minimum absolute atomic E-state index is 0.113. The lowest BCUT2D eigenvalue weighted by Gasteiger charge is -2.18. The number of halogens is 3. The molecule has 0 bridgehead atoms. The van der Waals surface area contributed by atoms with Crippen molar-refractivity contribution in [3.05, 3.63) is 36.0 Å². The van der Waals surface area contributed by atoms with E-state index in [4.69, 9.17) is 5.11 Å². The van der Waals surface area contributed by atoms with Gasteiger partial charge in [0.05, 0.1) is 11.1 Å². The summed E-state index contributed by atoms with van der Waals surface area (Å²) in [5.41, 5.74) is -0.367. The van der Waals surface area contributed by atoms with Crippen LogP contribution in [0.4, 0.5) is 23.7 Å². The molecule has 0 spiro atoms. The zero-order valence-electron chi connectivity index (χ0n) is 12.0. The van der Waals surface area contributed by atoms with Gasteiger partial charge in [-0.3, -0.25) is 4.98 Å². The second-order valence-electron chi connectivity index (χ2n) is 5.42. The van der Waals surface area contributed by atoms with Gasteiger partial charge in [0.1, 0.15) is 0 Å². The molecule has 1 fully saturated rings. The Morgan fingerprint density at radius 2 is 2.13 bits per heavy atom. The molecule has 122 valence electrons. The molecule has 1 aromatic heterocycles. The number of likely N-dealkylation sites (tertiary alicyclic amines) is 1. The Bertz CT molecular complexity index is 748. The average molecular weight is 325 g/mol. The fourth-order valence-corrected chi connectivity index (χ4v) is 2.80. The van der Waals surface area contributed by atoms with Gasteiger partial charge in [0.25, 0.3) is 0 Å². The van der Waals surface area contributed by atoms with Gasteiger partial charge in [0, 0.05) is 36.4 Å². The molecular formula is C15H14F3N3O2. The molecule has 0 unspecified atom stereocenters. The van der Waals surface area contributed by atoms with E-state index in [0.717, 1.165) is 6.07 Å². The highest BCUT2D eigenvalue weighted by Gasteiger charge is 2.34. The summed E-state index contributed by atoms with van der Waals surface area (Å²) in [5, 5.41) is 12.5. The van der Waals surface area contributed by atoms with Crippen LogP contribution >= 0.6 is 0 Å². The molecule has 1 aromatic carbocycles. The standard InChI is InChI=1S/C15H14F3N3O2/c16-15(17,18)11-3-4-12(10-2-1-6-19-13(10)11)20-9-5-7-21(8-9)14(22)23/h1-4,6,9,20H,5,7-8H2,(H,22,23)/t9-/m0/s1. The van der Waals surface area contributed by atoms with E-state index in [-0.39, 0.29) is 11.6 Å². The number of hydrogen-bond donors (Lipinski definition) is 2. The van der Waals surface area contributed by atoms with Crippen molar-refractivity contribution >= 4 is 22.7 Å². The zero-order valence-corrected chi connectivity index (χ0v) is 12.0. The molecule has 0 aliphatic carbocycles. The second kappa shape index (κ2) is 5.60. The van der Waals surface area contributed by atoms with Crippen LogP contribution in [0, 0.1) is 0 Å². The molecule has 5 nitrogen and oxygen atoms in total. The summed E-state index contributed by atoms with van der Waals surface area (Å²) in [6, 6.07) is 5.39. The Morgan fingerprint density at radius 1 is 1.35 bits per heavy atom. The number of anilines is 1. The number of rotatable bonds is 2. The largest absolute Gasteiger partial charge is 0.465 e. The summed E-state index contributed by atoms with van der Waals surface area (Å²) >= 11 is 0. The number of aromatic nitrogens is 1. The summed E-state index contributed by atoms with van der Waals surface area (Å²) < 4.78 is 39.2. The molecule has 0 saturated carbocycles. The molecule has 2 heterocycles. The number of amides is 1. The monoisotopic (exact) mass is 325 g/mol. The number of hydrogen-bond acceptors (Lipinski definition) is 3. The number of pyridine rings is 1. The van der Waals surface area contributed by atoms with Crippen LogP contribution in [-0.4, -0.2) is 40.2 Å². The summed E-state index contributed by atoms with van der Waals surface area (Å²) in [6.45, 7) is 0.710. The maximum Gasteiger partial charge on any atom is 0.418 e. The number of fused-ring (bicyclic) bond motifs is 1. The Kier molecular flexibility index (Phi) is 3.75. The minimum Gasteiger partial charge on any atom is -0.465 e. The molecule has 2 aromatic rings. The van der Waals surface area contributed by atoms with Gasteiger partial charge in [-0.05, 0) is 30.7 Å². The fraction of sp³-hybridized carbons (Fsp3) is 0.333. The number of carbonyl (C=O) groups is 1. The van der Waals surface area contributed by atoms with Crippen molar-refractivity contribution in [3.63, 3.8) is 0 Å². The SMILES string of the molecule is O=C(O)N1CC[C@H](Nc2ccc(C(F)(F)F)c3ncccc23)C1. The first-order valence-corrected chi connectivity index (χ1v) is 7.05. The van der Waals surface area contributed by atoms with Crippen LogP contribution < -0.4 is 5.32 Å². The van der Waals surface area contributed by atoms with E-state index in [1.165, 1.54) is 17.2 Å². The van der Waals surface area contributed by atoms with Crippen molar-refractivity contribution in [3.8, 4) is 0 Å². The smallest absolute Gasteiger partial charge is 0.418 e. The summed E-state index contributed by atoms with van der Waals surface area (Å²) in [7, 11) is 0. The molecule has 3 rings (SSSR count). The third-order valence-corrected chi connectivity index (χ3v) is 3.89. The van der Waals surface area contributed by atoms with Crippen LogP contribution in [0.1, 0.15) is 12.0 Å². The Balaban J connectivity index is 1.93. The lowest BCUT2D eigenvalue weighted by molar-refractivity contribution is -0.136. The van der Waals surface area contributed by atoms with Gasteiger partial charge >= 0.3 is 12.3 Å². The van der Waals surface area contributed by atoms with Gasteiger partial charge < -0.3 is 15.3 Å². The minimum atomic E-state index is -4.47. The molecule has 1 atom stereocenters. The number of benzene rings is 1. The third kappa shape index (κ3) is 3.01. The van der Waals surface area contributed by atoms with Crippen LogP contribution in [0.5, 0.6) is 0 Å². The molecule has 0 radical (unpaired) electrons. The van der Waals surface area contributed by atoms with E-state index in [1.807, 2.05) is 0 Å². The Morgan fingerprint density at radius 3 is 2.78 bits per heavy atom. The quantitative estimate of drug-likeness (QED) is 0.888. The molecule has 1 saturated heterocycles. The van der Waals surface area contributed by atoms with Crippen LogP contribution in [-0.2, 0) is 6.18 Å². The number of nitrogens with one attached hydrogen (secondary N) is 1. The number of alkyl halides is 3. The van der Waals surface area contributed by atoms with Crippen LogP contribution in [0.3, 0.4) is 0 Å². The van der Waals surface area contributed by atoms with Crippen LogP contribution in [0.25, 0.3) is 10.9 Å². The predicted molar refractivity (Wildman–Crippen MR) is 78.4 cm³/mol. The van der Waals surface area contributed by atoms with Gasteiger partial charge in [0.2, 0.25) is 0 Å². The van der Waals surface area contributed by atoms with Crippen LogP contribution in [0.15, 0.2) is 30.5 Å². The van der Waals surface area contributed by atoms with Crippen molar-refractivity contribution < 1.29 is 23.1 Å². The first kappa shape index (κ1) is 15.4. The van der Waals surface area contributed by atoms with Gasteiger partial charge in [-0.1, -0.05) is 0 Å². The second-order valence-corrected chi connectivity index (χ2v) is 5.42. The van der Waals surface area contributed by atoms with E-state index >= 15 is 0 Å². The van der Waals surface area contributed by atoms with Crippen molar-refractivity contribution in [1.29, 1.82) is 0 Å². The first-order valence-electron chi connectivity index (χ1n) is 7.05. The Hall–Kier alpha value is -2.51. The van der Waals surface area contributed by atoms with Gasteiger partial charge in [-0.25, -0.2) is 4.79 Å². The lowest BCUT2D eigenvalue weighted by atomic mass is 10.1. The average Bonchev–Trinajstić information content (AvgIpc) is 2.95.